The third-order valence-electron chi connectivity index (χ3n) is 3.78. The van der Waals surface area contributed by atoms with Crippen LogP contribution in [0.4, 0.5) is 0 Å². The minimum Gasteiger partial charge on any atom is -0.342 e. The molecule has 1 N–H and O–H groups in total. The van der Waals surface area contributed by atoms with Crippen molar-refractivity contribution in [3.8, 4) is 0 Å². The van der Waals surface area contributed by atoms with Crippen LogP contribution < -0.4 is 5.32 Å². The van der Waals surface area contributed by atoms with Crippen molar-refractivity contribution in [2.45, 2.75) is 26.7 Å². The fourth-order valence-corrected chi connectivity index (χ4v) is 2.14. The normalized spacial score (nSPS) is 23.3. The quantitative estimate of drug-likeness (QED) is 0.737. The number of amides is 1. The van der Waals surface area contributed by atoms with Crippen LogP contribution in [0.5, 0.6) is 0 Å². The van der Waals surface area contributed by atoms with Gasteiger partial charge >= 0.3 is 0 Å². The number of nitrogens with one attached hydrogen (secondary N) is 1. The van der Waals surface area contributed by atoms with E-state index in [0.717, 1.165) is 32.1 Å². The lowest BCUT2D eigenvalue weighted by Crippen LogP contribution is -2.50. The SMILES string of the molecule is CCN(CC1CC1)C(=O)C(C)C1CNC1. The fraction of sp³-hybridized carbons (Fsp3) is 0.917. The molecule has 0 aromatic rings. The monoisotopic (exact) mass is 210 g/mol. The molecular weight excluding hydrogens is 188 g/mol. The summed E-state index contributed by atoms with van der Waals surface area (Å²) >= 11 is 0. The predicted molar refractivity (Wildman–Crippen MR) is 60.5 cm³/mol. The molecule has 2 fully saturated rings. The molecule has 0 bridgehead atoms. The Bertz CT molecular complexity index is 234. The van der Waals surface area contributed by atoms with Gasteiger partial charge in [0.15, 0.2) is 0 Å². The van der Waals surface area contributed by atoms with E-state index in [-0.39, 0.29) is 5.92 Å². The lowest BCUT2D eigenvalue weighted by atomic mass is 9.88. The lowest BCUT2D eigenvalue weighted by molar-refractivity contribution is -0.137. The third kappa shape index (κ3) is 2.51. The Balaban J connectivity index is 1.84. The van der Waals surface area contributed by atoms with Crippen LogP contribution >= 0.6 is 0 Å². The van der Waals surface area contributed by atoms with Crippen LogP contribution in [0.1, 0.15) is 26.7 Å². The van der Waals surface area contributed by atoms with E-state index in [4.69, 9.17) is 0 Å². The lowest BCUT2D eigenvalue weighted by Gasteiger charge is -2.34. The molecule has 0 spiro atoms. The van der Waals surface area contributed by atoms with Crippen molar-refractivity contribution in [1.82, 2.24) is 10.2 Å². The van der Waals surface area contributed by atoms with Crippen molar-refractivity contribution in [2.24, 2.45) is 17.8 Å². The average molecular weight is 210 g/mol. The van der Waals surface area contributed by atoms with Crippen LogP contribution in [0.2, 0.25) is 0 Å². The number of carbonyl (C=O) groups is 1. The van der Waals surface area contributed by atoms with Gasteiger partial charge in [-0.2, -0.15) is 0 Å². The second kappa shape index (κ2) is 4.52. The summed E-state index contributed by atoms with van der Waals surface area (Å²) in [6.07, 6.45) is 2.65. The van der Waals surface area contributed by atoms with Gasteiger partial charge < -0.3 is 10.2 Å². The summed E-state index contributed by atoms with van der Waals surface area (Å²) in [7, 11) is 0. The summed E-state index contributed by atoms with van der Waals surface area (Å²) in [6.45, 7) is 8.09. The fourth-order valence-electron chi connectivity index (χ4n) is 2.14. The Kier molecular flexibility index (Phi) is 3.29. The van der Waals surface area contributed by atoms with Gasteiger partial charge in [0.1, 0.15) is 0 Å². The van der Waals surface area contributed by atoms with E-state index in [1.165, 1.54) is 12.8 Å². The van der Waals surface area contributed by atoms with Crippen molar-refractivity contribution in [1.29, 1.82) is 0 Å². The predicted octanol–water partition coefficient (Wildman–Crippen LogP) is 1.10. The third-order valence-corrected chi connectivity index (χ3v) is 3.78. The molecule has 3 heteroatoms. The van der Waals surface area contributed by atoms with Crippen LogP contribution in [0, 0.1) is 17.8 Å². The highest BCUT2D eigenvalue weighted by Crippen LogP contribution is 2.30. The molecule has 2 rings (SSSR count). The maximum Gasteiger partial charge on any atom is 0.225 e. The maximum absolute atomic E-state index is 12.2. The Hall–Kier alpha value is -0.570. The zero-order chi connectivity index (χ0) is 10.8. The molecule has 15 heavy (non-hydrogen) atoms. The molecule has 1 amide bonds. The molecule has 2 aliphatic rings. The van der Waals surface area contributed by atoms with Crippen molar-refractivity contribution < 1.29 is 4.79 Å². The van der Waals surface area contributed by atoms with Gasteiger partial charge in [0.25, 0.3) is 0 Å². The first kappa shape index (κ1) is 10.9. The highest BCUT2D eigenvalue weighted by molar-refractivity contribution is 5.79. The van der Waals surface area contributed by atoms with E-state index in [0.29, 0.717) is 11.8 Å². The first-order valence-electron chi connectivity index (χ1n) is 6.22. The van der Waals surface area contributed by atoms with Crippen molar-refractivity contribution >= 4 is 5.91 Å². The molecular formula is C12H22N2O. The summed E-state index contributed by atoms with van der Waals surface area (Å²) in [6, 6.07) is 0. The summed E-state index contributed by atoms with van der Waals surface area (Å²) in [4.78, 5) is 14.2. The molecule has 1 aliphatic carbocycles. The Labute approximate surface area is 92.2 Å². The zero-order valence-corrected chi connectivity index (χ0v) is 9.83. The van der Waals surface area contributed by atoms with E-state index in [1.807, 2.05) is 0 Å². The van der Waals surface area contributed by atoms with Crippen LogP contribution in [0.25, 0.3) is 0 Å². The molecule has 1 heterocycles. The zero-order valence-electron chi connectivity index (χ0n) is 9.83. The molecule has 3 nitrogen and oxygen atoms in total. The molecule has 1 unspecified atom stereocenters. The maximum atomic E-state index is 12.2. The standard InChI is InChI=1S/C12H22N2O/c1-3-14(8-10-4-5-10)12(15)9(2)11-6-13-7-11/h9-11,13H,3-8H2,1-2H3. The number of hydrogen-bond donors (Lipinski definition) is 1. The van der Waals surface area contributed by atoms with Crippen LogP contribution in [0.15, 0.2) is 0 Å². The van der Waals surface area contributed by atoms with Crippen molar-refractivity contribution in [3.05, 3.63) is 0 Å². The topological polar surface area (TPSA) is 32.3 Å². The Morgan fingerprint density at radius 1 is 1.47 bits per heavy atom. The first-order chi connectivity index (χ1) is 7.22. The van der Waals surface area contributed by atoms with E-state index < -0.39 is 0 Å². The minimum absolute atomic E-state index is 0.213. The average Bonchev–Trinajstić information content (AvgIpc) is 2.93. The van der Waals surface area contributed by atoms with E-state index in [9.17, 15) is 4.79 Å². The molecule has 86 valence electrons. The largest absolute Gasteiger partial charge is 0.342 e. The van der Waals surface area contributed by atoms with Gasteiger partial charge in [-0.25, -0.2) is 0 Å². The second-order valence-corrected chi connectivity index (χ2v) is 5.03. The highest BCUT2D eigenvalue weighted by Gasteiger charge is 2.33. The van der Waals surface area contributed by atoms with Gasteiger partial charge in [-0.3, -0.25) is 4.79 Å². The summed E-state index contributed by atoms with van der Waals surface area (Å²) in [5, 5.41) is 3.24. The molecule has 1 atom stereocenters. The number of hydrogen-bond acceptors (Lipinski definition) is 2. The van der Waals surface area contributed by atoms with Gasteiger partial charge in [0.2, 0.25) is 5.91 Å². The van der Waals surface area contributed by atoms with Crippen molar-refractivity contribution in [3.63, 3.8) is 0 Å². The van der Waals surface area contributed by atoms with Gasteiger partial charge in [-0.15, -0.1) is 0 Å². The van der Waals surface area contributed by atoms with Gasteiger partial charge in [-0.05, 0) is 44.7 Å². The van der Waals surface area contributed by atoms with Crippen LogP contribution in [-0.2, 0) is 4.79 Å². The highest BCUT2D eigenvalue weighted by atomic mass is 16.2. The second-order valence-electron chi connectivity index (χ2n) is 5.03. The molecule has 1 saturated heterocycles. The number of nitrogens with zero attached hydrogens (tertiary/aromatic N) is 1. The van der Waals surface area contributed by atoms with E-state index in [1.54, 1.807) is 0 Å². The molecule has 1 aliphatic heterocycles. The van der Waals surface area contributed by atoms with Crippen LogP contribution in [0.3, 0.4) is 0 Å². The minimum atomic E-state index is 0.213. The van der Waals surface area contributed by atoms with Crippen LogP contribution in [-0.4, -0.2) is 37.0 Å². The first-order valence-corrected chi connectivity index (χ1v) is 6.22. The number of rotatable bonds is 5. The Morgan fingerprint density at radius 3 is 2.53 bits per heavy atom. The van der Waals surface area contributed by atoms with Gasteiger partial charge in [0, 0.05) is 19.0 Å². The Morgan fingerprint density at radius 2 is 2.13 bits per heavy atom. The van der Waals surface area contributed by atoms with E-state index in [2.05, 4.69) is 24.1 Å². The number of carbonyl (C=O) groups excluding carboxylic acids is 1. The summed E-state index contributed by atoms with van der Waals surface area (Å²) < 4.78 is 0. The summed E-state index contributed by atoms with van der Waals surface area (Å²) in [5.41, 5.74) is 0. The molecule has 0 radical (unpaired) electrons. The molecule has 0 aromatic carbocycles. The smallest absolute Gasteiger partial charge is 0.225 e. The van der Waals surface area contributed by atoms with Gasteiger partial charge in [-0.1, -0.05) is 6.92 Å². The molecule has 1 saturated carbocycles. The summed E-state index contributed by atoms with van der Waals surface area (Å²) in [5.74, 6) is 1.97. The van der Waals surface area contributed by atoms with Gasteiger partial charge in [0.05, 0.1) is 0 Å². The van der Waals surface area contributed by atoms with Crippen molar-refractivity contribution in [2.75, 3.05) is 26.2 Å². The van der Waals surface area contributed by atoms with E-state index >= 15 is 0 Å². The molecule has 0 aromatic heterocycles.